The molecule has 6 heteroatoms. The van der Waals surface area contributed by atoms with Crippen LogP contribution in [0.15, 0.2) is 11.1 Å². The first-order valence-electron chi connectivity index (χ1n) is 6.88. The summed E-state index contributed by atoms with van der Waals surface area (Å²) in [6.45, 7) is 9.16. The van der Waals surface area contributed by atoms with Crippen LogP contribution in [0, 0.1) is 12.8 Å². The van der Waals surface area contributed by atoms with Gasteiger partial charge in [-0.05, 0) is 39.5 Å². The molecule has 1 aliphatic rings. The van der Waals surface area contributed by atoms with Crippen molar-refractivity contribution in [3.05, 3.63) is 11.9 Å². The van der Waals surface area contributed by atoms with Crippen molar-refractivity contribution in [1.82, 2.24) is 14.1 Å². The molecule has 1 aromatic heterocycles. The van der Waals surface area contributed by atoms with Gasteiger partial charge in [0.05, 0.1) is 5.69 Å². The van der Waals surface area contributed by atoms with Crippen LogP contribution in [0.4, 0.5) is 0 Å². The van der Waals surface area contributed by atoms with Gasteiger partial charge >= 0.3 is 0 Å². The fourth-order valence-electron chi connectivity index (χ4n) is 2.35. The Morgan fingerprint density at radius 3 is 2.37 bits per heavy atom. The maximum atomic E-state index is 12.6. The predicted molar refractivity (Wildman–Crippen MR) is 74.5 cm³/mol. The van der Waals surface area contributed by atoms with Gasteiger partial charge in [0.25, 0.3) is 0 Å². The molecule has 1 aliphatic heterocycles. The summed E-state index contributed by atoms with van der Waals surface area (Å²) >= 11 is 0. The van der Waals surface area contributed by atoms with Crippen molar-refractivity contribution in [3.8, 4) is 0 Å². The summed E-state index contributed by atoms with van der Waals surface area (Å²) in [6, 6.07) is 0.170. The summed E-state index contributed by atoms with van der Waals surface area (Å²) in [5, 5.41) is 4.30. The fraction of sp³-hybridized carbons (Fsp3) is 0.769. The van der Waals surface area contributed by atoms with Crippen molar-refractivity contribution >= 4 is 10.0 Å². The van der Waals surface area contributed by atoms with E-state index in [4.69, 9.17) is 0 Å². The molecule has 1 aromatic rings. The van der Waals surface area contributed by atoms with Crippen molar-refractivity contribution in [3.63, 3.8) is 0 Å². The van der Waals surface area contributed by atoms with Gasteiger partial charge in [-0.2, -0.15) is 9.40 Å². The van der Waals surface area contributed by atoms with Gasteiger partial charge in [-0.1, -0.05) is 6.92 Å². The third-order valence-corrected chi connectivity index (χ3v) is 5.76. The van der Waals surface area contributed by atoms with E-state index in [0.29, 0.717) is 29.6 Å². The summed E-state index contributed by atoms with van der Waals surface area (Å²) in [4.78, 5) is 0.357. The first-order valence-corrected chi connectivity index (χ1v) is 8.32. The molecule has 1 saturated heterocycles. The Kier molecular flexibility index (Phi) is 4.01. The van der Waals surface area contributed by atoms with Gasteiger partial charge in [-0.3, -0.25) is 4.68 Å². The van der Waals surface area contributed by atoms with Crippen molar-refractivity contribution in [1.29, 1.82) is 0 Å². The Balaban J connectivity index is 2.29. The van der Waals surface area contributed by atoms with Gasteiger partial charge in [0.15, 0.2) is 0 Å². The largest absolute Gasteiger partial charge is 0.269 e. The van der Waals surface area contributed by atoms with Gasteiger partial charge < -0.3 is 0 Å². The summed E-state index contributed by atoms with van der Waals surface area (Å²) in [6.07, 6.45) is 3.54. The zero-order valence-electron chi connectivity index (χ0n) is 12.1. The van der Waals surface area contributed by atoms with Crippen LogP contribution in [0.25, 0.3) is 0 Å². The number of rotatable bonds is 3. The van der Waals surface area contributed by atoms with Crippen LogP contribution in [0.3, 0.4) is 0 Å². The standard InChI is InChI=1S/C13H23N3O2S/c1-10(2)16-9-13(12(4)14-16)19(17,18)15-7-5-11(3)6-8-15/h9-11H,5-8H2,1-4H3. The Hall–Kier alpha value is -0.880. The number of sulfonamides is 1. The topological polar surface area (TPSA) is 55.2 Å². The molecule has 0 N–H and O–H groups in total. The maximum absolute atomic E-state index is 12.6. The third-order valence-electron chi connectivity index (χ3n) is 3.76. The molecule has 0 bridgehead atoms. The van der Waals surface area contributed by atoms with Crippen molar-refractivity contribution < 1.29 is 8.42 Å². The molecular formula is C13H23N3O2S. The molecule has 0 unspecified atom stereocenters. The SMILES string of the molecule is Cc1nn(C(C)C)cc1S(=O)(=O)N1CCC(C)CC1. The molecule has 0 amide bonds. The molecule has 19 heavy (non-hydrogen) atoms. The van der Waals surface area contributed by atoms with E-state index in [9.17, 15) is 8.42 Å². The third kappa shape index (κ3) is 2.84. The van der Waals surface area contributed by atoms with Crippen LogP contribution in [-0.2, 0) is 10.0 Å². The number of hydrogen-bond donors (Lipinski definition) is 0. The number of piperidine rings is 1. The molecular weight excluding hydrogens is 262 g/mol. The van der Waals surface area contributed by atoms with E-state index in [2.05, 4.69) is 12.0 Å². The Labute approximate surface area is 115 Å². The Morgan fingerprint density at radius 2 is 1.89 bits per heavy atom. The Morgan fingerprint density at radius 1 is 1.32 bits per heavy atom. The first-order chi connectivity index (χ1) is 8.82. The van der Waals surface area contributed by atoms with E-state index in [1.54, 1.807) is 22.1 Å². The van der Waals surface area contributed by atoms with E-state index < -0.39 is 10.0 Å². The smallest absolute Gasteiger partial charge is 0.246 e. The molecule has 0 aliphatic carbocycles. The highest BCUT2D eigenvalue weighted by atomic mass is 32.2. The highest BCUT2D eigenvalue weighted by molar-refractivity contribution is 7.89. The minimum Gasteiger partial charge on any atom is -0.269 e. The number of aryl methyl sites for hydroxylation is 1. The van der Waals surface area contributed by atoms with E-state index in [0.717, 1.165) is 12.8 Å². The van der Waals surface area contributed by atoms with Crippen molar-refractivity contribution in [2.75, 3.05) is 13.1 Å². The molecule has 0 aromatic carbocycles. The quantitative estimate of drug-likeness (QED) is 0.855. The minimum absolute atomic E-state index is 0.170. The molecule has 108 valence electrons. The molecule has 0 spiro atoms. The van der Waals surface area contributed by atoms with Crippen LogP contribution in [0.1, 0.15) is 45.3 Å². The summed E-state index contributed by atoms with van der Waals surface area (Å²) < 4.78 is 28.6. The van der Waals surface area contributed by atoms with Gasteiger partial charge in [0.2, 0.25) is 10.0 Å². The van der Waals surface area contributed by atoms with E-state index in [-0.39, 0.29) is 6.04 Å². The highest BCUT2D eigenvalue weighted by Gasteiger charge is 2.30. The maximum Gasteiger partial charge on any atom is 0.246 e. The zero-order valence-corrected chi connectivity index (χ0v) is 12.9. The second-order valence-electron chi connectivity index (χ2n) is 5.74. The average molecular weight is 285 g/mol. The monoisotopic (exact) mass is 285 g/mol. The normalized spacial score (nSPS) is 19.2. The lowest BCUT2D eigenvalue weighted by molar-refractivity contribution is 0.288. The van der Waals surface area contributed by atoms with E-state index in [1.165, 1.54) is 0 Å². The first kappa shape index (κ1) is 14.5. The van der Waals surface area contributed by atoms with Crippen LogP contribution in [0.2, 0.25) is 0 Å². The number of hydrogen-bond acceptors (Lipinski definition) is 3. The van der Waals surface area contributed by atoms with Crippen LogP contribution in [-0.4, -0.2) is 35.6 Å². The number of aromatic nitrogens is 2. The lowest BCUT2D eigenvalue weighted by Crippen LogP contribution is -2.38. The van der Waals surface area contributed by atoms with E-state index >= 15 is 0 Å². The molecule has 1 fully saturated rings. The van der Waals surface area contributed by atoms with E-state index in [1.807, 2.05) is 13.8 Å². The Bertz CT molecular complexity index is 540. The second kappa shape index (κ2) is 5.25. The lowest BCUT2D eigenvalue weighted by atomic mass is 10.0. The molecule has 0 radical (unpaired) electrons. The summed E-state index contributed by atoms with van der Waals surface area (Å²) in [5.41, 5.74) is 0.590. The second-order valence-corrected chi connectivity index (χ2v) is 7.65. The fourth-order valence-corrected chi connectivity index (χ4v) is 3.97. The van der Waals surface area contributed by atoms with Gasteiger partial charge in [0, 0.05) is 25.3 Å². The van der Waals surface area contributed by atoms with Crippen LogP contribution < -0.4 is 0 Å². The average Bonchev–Trinajstić information content (AvgIpc) is 2.73. The molecule has 0 atom stereocenters. The summed E-state index contributed by atoms with van der Waals surface area (Å²) in [5.74, 6) is 0.617. The zero-order chi connectivity index (χ0) is 14.2. The minimum atomic E-state index is -3.38. The van der Waals surface area contributed by atoms with Gasteiger partial charge in [-0.25, -0.2) is 8.42 Å². The molecule has 0 saturated carbocycles. The van der Waals surface area contributed by atoms with Crippen LogP contribution in [0.5, 0.6) is 0 Å². The van der Waals surface area contributed by atoms with Crippen molar-refractivity contribution in [2.45, 2.75) is 51.5 Å². The summed E-state index contributed by atoms with van der Waals surface area (Å²) in [7, 11) is -3.38. The molecule has 2 rings (SSSR count). The molecule has 5 nitrogen and oxygen atoms in total. The lowest BCUT2D eigenvalue weighted by Gasteiger charge is -2.29. The van der Waals surface area contributed by atoms with Crippen molar-refractivity contribution in [2.24, 2.45) is 5.92 Å². The predicted octanol–water partition coefficient (Wildman–Crippen LogP) is 2.19. The number of nitrogens with zero attached hydrogens (tertiary/aromatic N) is 3. The van der Waals surface area contributed by atoms with Gasteiger partial charge in [-0.15, -0.1) is 0 Å². The van der Waals surface area contributed by atoms with Crippen LogP contribution >= 0.6 is 0 Å². The van der Waals surface area contributed by atoms with Gasteiger partial charge in [0.1, 0.15) is 4.90 Å². The highest BCUT2D eigenvalue weighted by Crippen LogP contribution is 2.25. The molecule has 2 heterocycles.